The second-order valence-electron chi connectivity index (χ2n) is 14.5. The number of aryl methyl sites for hydroxylation is 3. The molecule has 3 heteroatoms. The van der Waals surface area contributed by atoms with Crippen molar-refractivity contribution in [2.45, 2.75) is 20.8 Å². The molecule has 0 unspecified atom stereocenters. The van der Waals surface area contributed by atoms with Gasteiger partial charge in [-0.1, -0.05) is 126 Å². The van der Waals surface area contributed by atoms with Gasteiger partial charge in [-0.15, -0.1) is 0 Å². The van der Waals surface area contributed by atoms with Gasteiger partial charge in [0.25, 0.3) is 0 Å². The zero-order valence-corrected chi connectivity index (χ0v) is 30.7. The predicted octanol–water partition coefficient (Wildman–Crippen LogP) is 13.4. The van der Waals surface area contributed by atoms with E-state index >= 15 is 0 Å². The molecule has 0 atom stereocenters. The molecular formula is C51H39N3. The first-order chi connectivity index (χ1) is 26.5. The summed E-state index contributed by atoms with van der Waals surface area (Å²) in [6.45, 7) is 6.54. The van der Waals surface area contributed by atoms with E-state index in [-0.39, 0.29) is 0 Å². The predicted molar refractivity (Wildman–Crippen MR) is 227 cm³/mol. The molecule has 10 rings (SSSR count). The van der Waals surface area contributed by atoms with Gasteiger partial charge in [-0.3, -0.25) is 0 Å². The largest absolute Gasteiger partial charge is 0.309 e. The number of aromatic nitrogens is 3. The van der Waals surface area contributed by atoms with Crippen LogP contribution in [-0.4, -0.2) is 13.7 Å². The second kappa shape index (κ2) is 12.7. The molecule has 0 aliphatic rings. The molecule has 3 aromatic heterocycles. The number of fused-ring (bicyclic) bond motifs is 6. The third kappa shape index (κ3) is 5.12. The molecule has 0 bridgehead atoms. The van der Waals surface area contributed by atoms with Gasteiger partial charge in [0.15, 0.2) is 0 Å². The standard InChI is InChI=1S/C51H39N3/c1-34-16-13-19-37(28-34)46-31-43-49(52(46)40-22-7-4-8-23-40)44-32-47(38-20-14-17-35(2)29-38)54(42-26-11-6-12-27-42)51(44)45-33-48(39-21-15-18-36(3)30-39)53(50(43)45)41-24-9-5-10-25-41/h4-33H,1-3H3. The molecule has 3 heterocycles. The first-order valence-corrected chi connectivity index (χ1v) is 18.7. The van der Waals surface area contributed by atoms with Crippen LogP contribution in [0.2, 0.25) is 0 Å². The Bertz CT molecular complexity index is 2640. The van der Waals surface area contributed by atoms with Gasteiger partial charge >= 0.3 is 0 Å². The number of nitrogens with zero attached hydrogens (tertiary/aromatic N) is 3. The molecule has 0 amide bonds. The van der Waals surface area contributed by atoms with Crippen molar-refractivity contribution in [1.82, 2.24) is 13.7 Å². The zero-order chi connectivity index (χ0) is 36.3. The van der Waals surface area contributed by atoms with Gasteiger partial charge in [0, 0.05) is 33.2 Å². The van der Waals surface area contributed by atoms with Gasteiger partial charge in [-0.2, -0.15) is 0 Å². The number of hydrogen-bond donors (Lipinski definition) is 0. The maximum absolute atomic E-state index is 2.50. The molecule has 0 fully saturated rings. The van der Waals surface area contributed by atoms with Gasteiger partial charge < -0.3 is 13.7 Å². The molecule has 0 saturated carbocycles. The molecule has 0 saturated heterocycles. The minimum atomic E-state index is 1.13. The normalized spacial score (nSPS) is 11.6. The van der Waals surface area contributed by atoms with Crippen LogP contribution in [0.1, 0.15) is 16.7 Å². The van der Waals surface area contributed by atoms with Crippen LogP contribution in [0.15, 0.2) is 182 Å². The van der Waals surface area contributed by atoms with Gasteiger partial charge in [-0.05, 0) is 110 Å². The Morgan fingerprint density at radius 1 is 0.278 bits per heavy atom. The summed E-state index contributed by atoms with van der Waals surface area (Å²) < 4.78 is 7.49. The molecule has 7 aromatic carbocycles. The Labute approximate surface area is 315 Å². The molecule has 258 valence electrons. The highest BCUT2D eigenvalue weighted by atomic mass is 15.1. The minimum Gasteiger partial charge on any atom is -0.309 e. The lowest BCUT2D eigenvalue weighted by molar-refractivity contribution is 1.13. The zero-order valence-electron chi connectivity index (χ0n) is 30.7. The van der Waals surface area contributed by atoms with Gasteiger partial charge in [0.05, 0.1) is 33.6 Å². The molecule has 0 radical (unpaired) electrons. The van der Waals surface area contributed by atoms with Gasteiger partial charge in [-0.25, -0.2) is 0 Å². The monoisotopic (exact) mass is 693 g/mol. The van der Waals surface area contributed by atoms with E-state index in [9.17, 15) is 0 Å². The first kappa shape index (κ1) is 31.9. The number of para-hydroxylation sites is 3. The highest BCUT2D eigenvalue weighted by molar-refractivity contribution is 6.27. The summed E-state index contributed by atoms with van der Waals surface area (Å²) in [5, 5.41) is 3.63. The molecule has 0 aliphatic heterocycles. The Kier molecular flexibility index (Phi) is 7.48. The van der Waals surface area contributed by atoms with E-state index < -0.39 is 0 Å². The van der Waals surface area contributed by atoms with E-state index in [1.807, 2.05) is 0 Å². The lowest BCUT2D eigenvalue weighted by Gasteiger charge is -2.15. The Morgan fingerprint density at radius 3 is 0.815 bits per heavy atom. The molecule has 3 nitrogen and oxygen atoms in total. The molecule has 0 N–H and O–H groups in total. The minimum absolute atomic E-state index is 1.13. The summed E-state index contributed by atoms with van der Waals surface area (Å²) in [7, 11) is 0. The van der Waals surface area contributed by atoms with E-state index in [4.69, 9.17) is 0 Å². The van der Waals surface area contributed by atoms with Crippen LogP contribution in [0.25, 0.3) is 83.5 Å². The highest BCUT2D eigenvalue weighted by Crippen LogP contribution is 2.47. The van der Waals surface area contributed by atoms with Crippen LogP contribution < -0.4 is 0 Å². The number of rotatable bonds is 6. The Morgan fingerprint density at radius 2 is 0.556 bits per heavy atom. The highest BCUT2D eigenvalue weighted by Gasteiger charge is 2.27. The molecule has 0 spiro atoms. The topological polar surface area (TPSA) is 14.8 Å². The van der Waals surface area contributed by atoms with E-state index in [1.165, 1.54) is 66.1 Å². The summed E-state index contributed by atoms with van der Waals surface area (Å²) in [5.74, 6) is 0. The van der Waals surface area contributed by atoms with Crippen molar-refractivity contribution in [2.75, 3.05) is 0 Å². The second-order valence-corrected chi connectivity index (χ2v) is 14.5. The van der Waals surface area contributed by atoms with E-state index in [0.717, 1.165) is 34.1 Å². The van der Waals surface area contributed by atoms with Crippen LogP contribution >= 0.6 is 0 Å². The van der Waals surface area contributed by atoms with Crippen molar-refractivity contribution < 1.29 is 0 Å². The lowest BCUT2D eigenvalue weighted by atomic mass is 10.1. The van der Waals surface area contributed by atoms with Crippen LogP contribution in [0.4, 0.5) is 0 Å². The smallest absolute Gasteiger partial charge is 0.0650 e. The Hall–Kier alpha value is -6.84. The van der Waals surface area contributed by atoms with Gasteiger partial charge in [0.2, 0.25) is 0 Å². The summed E-state index contributed by atoms with van der Waals surface area (Å²) in [4.78, 5) is 0. The fourth-order valence-corrected chi connectivity index (χ4v) is 8.46. The van der Waals surface area contributed by atoms with Crippen LogP contribution in [0.5, 0.6) is 0 Å². The number of hydrogen-bond acceptors (Lipinski definition) is 0. The van der Waals surface area contributed by atoms with E-state index in [2.05, 4.69) is 216 Å². The Balaban J connectivity index is 1.50. The van der Waals surface area contributed by atoms with Crippen molar-refractivity contribution in [3.63, 3.8) is 0 Å². The summed E-state index contributed by atoms with van der Waals surface area (Å²) in [5.41, 5.74) is 17.7. The van der Waals surface area contributed by atoms with Gasteiger partial charge in [0.1, 0.15) is 0 Å². The first-order valence-electron chi connectivity index (χ1n) is 18.7. The third-order valence-corrected chi connectivity index (χ3v) is 10.8. The summed E-state index contributed by atoms with van der Waals surface area (Å²) >= 11 is 0. The molecule has 10 aromatic rings. The van der Waals surface area contributed by atoms with Crippen LogP contribution in [-0.2, 0) is 0 Å². The maximum Gasteiger partial charge on any atom is 0.0650 e. The molecule has 0 aliphatic carbocycles. The number of benzene rings is 7. The van der Waals surface area contributed by atoms with Crippen molar-refractivity contribution >= 4 is 32.7 Å². The van der Waals surface area contributed by atoms with Crippen molar-refractivity contribution in [3.05, 3.63) is 199 Å². The van der Waals surface area contributed by atoms with E-state index in [0.29, 0.717) is 0 Å². The maximum atomic E-state index is 2.50. The van der Waals surface area contributed by atoms with Crippen LogP contribution in [0, 0.1) is 20.8 Å². The third-order valence-electron chi connectivity index (χ3n) is 10.8. The summed E-state index contributed by atoms with van der Waals surface area (Å²) in [6, 6.07) is 66.6. The van der Waals surface area contributed by atoms with Crippen LogP contribution in [0.3, 0.4) is 0 Å². The van der Waals surface area contributed by atoms with Crippen molar-refractivity contribution in [1.29, 1.82) is 0 Å². The quantitative estimate of drug-likeness (QED) is 0.165. The SMILES string of the molecule is Cc1cccc(-c2cc3c(c4cc(-c5cccc(C)c5)n(-c5ccccc5)c4c4cc(-c5cccc(C)c5)n(-c5ccccc5)c34)n2-c2ccccc2)c1. The van der Waals surface area contributed by atoms with Crippen molar-refractivity contribution in [3.8, 4) is 50.8 Å². The average molecular weight is 694 g/mol. The fourth-order valence-electron chi connectivity index (χ4n) is 8.46. The fraction of sp³-hybridized carbons (Fsp3) is 0.0588. The lowest BCUT2D eigenvalue weighted by Crippen LogP contribution is -2.00. The summed E-state index contributed by atoms with van der Waals surface area (Å²) in [6.07, 6.45) is 0. The molecular weight excluding hydrogens is 655 g/mol. The average Bonchev–Trinajstić information content (AvgIpc) is 3.91. The van der Waals surface area contributed by atoms with Crippen molar-refractivity contribution in [2.24, 2.45) is 0 Å². The molecule has 54 heavy (non-hydrogen) atoms. The van der Waals surface area contributed by atoms with E-state index in [1.54, 1.807) is 0 Å².